The van der Waals surface area contributed by atoms with Gasteiger partial charge < -0.3 is 5.11 Å². The first-order chi connectivity index (χ1) is 7.84. The molecule has 0 aromatic heterocycles. The molecule has 2 nitrogen and oxygen atoms in total. The summed E-state index contributed by atoms with van der Waals surface area (Å²) < 4.78 is 37.3. The molecular weight excluding hydrogens is 253 g/mol. The van der Waals surface area contributed by atoms with Gasteiger partial charge in [0.25, 0.3) is 0 Å². The number of carbonyl (C=O) groups is 1. The van der Waals surface area contributed by atoms with E-state index in [9.17, 15) is 18.0 Å². The largest absolute Gasteiger partial charge is 0.481 e. The molecule has 1 unspecified atom stereocenters. The molecular formula is C11H11F3O2S. The average Bonchev–Trinajstić information content (AvgIpc) is 2.24. The Bertz CT molecular complexity index is 387. The number of aliphatic carboxylic acids is 1. The number of carboxylic acid groups (broad SMARTS) is 1. The fourth-order valence-electron chi connectivity index (χ4n) is 1.34. The molecule has 1 rings (SSSR count). The lowest BCUT2D eigenvalue weighted by molar-refractivity contribution is -0.193. The zero-order valence-corrected chi connectivity index (χ0v) is 9.81. The summed E-state index contributed by atoms with van der Waals surface area (Å²) in [6, 6.07) is 6.39. The number of hydrogen-bond acceptors (Lipinski definition) is 2. The second kappa shape index (κ2) is 5.44. The molecule has 0 radical (unpaired) electrons. The molecule has 94 valence electrons. The van der Waals surface area contributed by atoms with Gasteiger partial charge in [-0.15, -0.1) is 11.8 Å². The molecule has 0 heterocycles. The minimum Gasteiger partial charge on any atom is -0.481 e. The van der Waals surface area contributed by atoms with Gasteiger partial charge in [-0.2, -0.15) is 13.2 Å². The minimum absolute atomic E-state index is 0.368. The fraction of sp³-hybridized carbons (Fsp3) is 0.364. The second-order valence-electron chi connectivity index (χ2n) is 3.48. The van der Waals surface area contributed by atoms with Crippen molar-refractivity contribution in [1.29, 1.82) is 0 Å². The molecule has 1 aromatic carbocycles. The first kappa shape index (κ1) is 13.9. The standard InChI is InChI=1S/C11H11F3O2S/c1-17-8-4-2-7(3-5-8)6-9(10(15)16)11(12,13)14/h2-5,9H,6H2,1H3,(H,15,16). The highest BCUT2D eigenvalue weighted by Crippen LogP contribution is 2.29. The van der Waals surface area contributed by atoms with E-state index in [0.29, 0.717) is 5.56 Å². The van der Waals surface area contributed by atoms with Gasteiger partial charge >= 0.3 is 12.1 Å². The maximum absolute atomic E-state index is 12.4. The lowest BCUT2D eigenvalue weighted by Gasteiger charge is -2.16. The molecule has 0 bridgehead atoms. The number of thioether (sulfide) groups is 1. The average molecular weight is 264 g/mol. The Kier molecular flexibility index (Phi) is 4.45. The summed E-state index contributed by atoms with van der Waals surface area (Å²) in [5, 5.41) is 8.55. The van der Waals surface area contributed by atoms with Crippen LogP contribution in [-0.4, -0.2) is 23.5 Å². The van der Waals surface area contributed by atoms with Gasteiger partial charge in [0, 0.05) is 4.90 Å². The summed E-state index contributed by atoms with van der Waals surface area (Å²) in [4.78, 5) is 11.5. The highest BCUT2D eigenvalue weighted by atomic mass is 32.2. The zero-order chi connectivity index (χ0) is 13.1. The smallest absolute Gasteiger partial charge is 0.402 e. The summed E-state index contributed by atoms with van der Waals surface area (Å²) in [5.41, 5.74) is 0.368. The number of carboxylic acids is 1. The highest BCUT2D eigenvalue weighted by molar-refractivity contribution is 7.98. The van der Waals surface area contributed by atoms with Crippen molar-refractivity contribution in [1.82, 2.24) is 0 Å². The van der Waals surface area contributed by atoms with Crippen molar-refractivity contribution in [3.8, 4) is 0 Å². The molecule has 0 aliphatic carbocycles. The van der Waals surface area contributed by atoms with Crippen molar-refractivity contribution >= 4 is 17.7 Å². The van der Waals surface area contributed by atoms with Gasteiger partial charge in [0.05, 0.1) is 0 Å². The summed E-state index contributed by atoms with van der Waals surface area (Å²) in [6.45, 7) is 0. The Balaban J connectivity index is 2.83. The summed E-state index contributed by atoms with van der Waals surface area (Å²) in [6.07, 6.45) is -3.40. The van der Waals surface area contributed by atoms with E-state index >= 15 is 0 Å². The molecule has 0 aliphatic heterocycles. The van der Waals surface area contributed by atoms with E-state index in [1.165, 1.54) is 23.9 Å². The molecule has 0 spiro atoms. The third kappa shape index (κ3) is 3.96. The lowest BCUT2D eigenvalue weighted by atomic mass is 9.99. The van der Waals surface area contributed by atoms with Gasteiger partial charge in [0.15, 0.2) is 5.92 Å². The summed E-state index contributed by atoms with van der Waals surface area (Å²) in [5.74, 6) is -4.19. The Labute approximate surface area is 101 Å². The summed E-state index contributed by atoms with van der Waals surface area (Å²) >= 11 is 1.47. The minimum atomic E-state index is -4.72. The molecule has 1 N–H and O–H groups in total. The Morgan fingerprint density at radius 2 is 1.88 bits per heavy atom. The van der Waals surface area contributed by atoms with Crippen LogP contribution in [0.25, 0.3) is 0 Å². The first-order valence-corrected chi connectivity index (χ1v) is 5.99. The van der Waals surface area contributed by atoms with Crippen LogP contribution < -0.4 is 0 Å². The number of hydrogen-bond donors (Lipinski definition) is 1. The normalized spacial score (nSPS) is 13.4. The van der Waals surface area contributed by atoms with Crippen LogP contribution in [0.15, 0.2) is 29.2 Å². The molecule has 0 saturated carbocycles. The van der Waals surface area contributed by atoms with Gasteiger partial charge in [-0.3, -0.25) is 4.79 Å². The number of alkyl halides is 3. The Hall–Kier alpha value is -1.17. The van der Waals surface area contributed by atoms with Crippen LogP contribution in [0.3, 0.4) is 0 Å². The number of halogens is 3. The first-order valence-electron chi connectivity index (χ1n) is 4.77. The van der Waals surface area contributed by atoms with Crippen LogP contribution in [0, 0.1) is 5.92 Å². The fourth-order valence-corrected chi connectivity index (χ4v) is 1.75. The second-order valence-corrected chi connectivity index (χ2v) is 4.36. The third-order valence-corrected chi connectivity index (χ3v) is 3.04. The van der Waals surface area contributed by atoms with E-state index < -0.39 is 24.5 Å². The number of benzene rings is 1. The highest BCUT2D eigenvalue weighted by Gasteiger charge is 2.44. The van der Waals surface area contributed by atoms with Crippen LogP contribution in [-0.2, 0) is 11.2 Å². The van der Waals surface area contributed by atoms with Crippen LogP contribution in [0.4, 0.5) is 13.2 Å². The quantitative estimate of drug-likeness (QED) is 0.848. The van der Waals surface area contributed by atoms with E-state index in [1.54, 1.807) is 12.1 Å². The van der Waals surface area contributed by atoms with E-state index in [0.717, 1.165) is 4.90 Å². The molecule has 0 fully saturated rings. The van der Waals surface area contributed by atoms with Crippen molar-refractivity contribution in [2.24, 2.45) is 5.92 Å². The Morgan fingerprint density at radius 1 is 1.35 bits per heavy atom. The maximum Gasteiger partial charge on any atom is 0.402 e. The van der Waals surface area contributed by atoms with E-state index in [2.05, 4.69) is 0 Å². The van der Waals surface area contributed by atoms with Crippen LogP contribution in [0.1, 0.15) is 5.56 Å². The van der Waals surface area contributed by atoms with Crippen LogP contribution in [0.5, 0.6) is 0 Å². The lowest BCUT2D eigenvalue weighted by Crippen LogP contribution is -2.32. The molecule has 1 aromatic rings. The topological polar surface area (TPSA) is 37.3 Å². The van der Waals surface area contributed by atoms with Crippen molar-refractivity contribution in [2.75, 3.05) is 6.26 Å². The van der Waals surface area contributed by atoms with Crippen molar-refractivity contribution in [3.05, 3.63) is 29.8 Å². The van der Waals surface area contributed by atoms with Crippen molar-refractivity contribution in [2.45, 2.75) is 17.5 Å². The van der Waals surface area contributed by atoms with Gasteiger partial charge in [-0.25, -0.2) is 0 Å². The molecule has 6 heteroatoms. The van der Waals surface area contributed by atoms with E-state index in [-0.39, 0.29) is 0 Å². The van der Waals surface area contributed by atoms with Gasteiger partial charge in [-0.1, -0.05) is 12.1 Å². The monoisotopic (exact) mass is 264 g/mol. The van der Waals surface area contributed by atoms with Crippen LogP contribution >= 0.6 is 11.8 Å². The molecule has 0 aliphatic rings. The maximum atomic E-state index is 12.4. The molecule has 0 saturated heterocycles. The summed E-state index contributed by atoms with van der Waals surface area (Å²) in [7, 11) is 0. The Morgan fingerprint density at radius 3 is 2.24 bits per heavy atom. The predicted octanol–water partition coefficient (Wildman–Crippen LogP) is 3.21. The van der Waals surface area contributed by atoms with Gasteiger partial charge in [-0.05, 0) is 30.4 Å². The van der Waals surface area contributed by atoms with E-state index in [1.807, 2.05) is 6.26 Å². The molecule has 17 heavy (non-hydrogen) atoms. The van der Waals surface area contributed by atoms with Crippen LogP contribution in [0.2, 0.25) is 0 Å². The zero-order valence-electron chi connectivity index (χ0n) is 8.99. The van der Waals surface area contributed by atoms with Crippen molar-refractivity contribution < 1.29 is 23.1 Å². The molecule has 1 atom stereocenters. The van der Waals surface area contributed by atoms with Gasteiger partial charge in [0.1, 0.15) is 0 Å². The molecule has 0 amide bonds. The SMILES string of the molecule is CSc1ccc(CC(C(=O)O)C(F)(F)F)cc1. The third-order valence-electron chi connectivity index (χ3n) is 2.29. The van der Waals surface area contributed by atoms with E-state index in [4.69, 9.17) is 5.11 Å². The number of rotatable bonds is 4. The predicted molar refractivity (Wildman–Crippen MR) is 59.1 cm³/mol. The van der Waals surface area contributed by atoms with Gasteiger partial charge in [0.2, 0.25) is 0 Å². The van der Waals surface area contributed by atoms with Crippen molar-refractivity contribution in [3.63, 3.8) is 0 Å².